The molecule has 0 bridgehead atoms. The summed E-state index contributed by atoms with van der Waals surface area (Å²) in [5.41, 5.74) is 8.69. The van der Waals surface area contributed by atoms with Gasteiger partial charge < -0.3 is 29.3 Å². The zero-order chi connectivity index (χ0) is 55.8. The largest absolute Gasteiger partial charge is 0.502 e. The van der Waals surface area contributed by atoms with Crippen LogP contribution in [0.2, 0.25) is 0 Å². The van der Waals surface area contributed by atoms with Crippen LogP contribution in [0.5, 0.6) is 11.5 Å². The number of nitrogens with zero attached hydrogens (tertiary/aromatic N) is 9. The molecule has 412 valence electrons. The third-order valence-electron chi connectivity index (χ3n) is 14.4. The van der Waals surface area contributed by atoms with E-state index in [1.54, 1.807) is 22.3 Å². The molecule has 4 aromatic carbocycles. The molecular formula is C61H70N10O6S2. The maximum Gasteiger partial charge on any atom is 0.411 e. The van der Waals surface area contributed by atoms with Gasteiger partial charge in [0.05, 0.1) is 37.9 Å². The Hall–Kier alpha value is -7.25. The molecule has 0 spiro atoms. The molecule has 1 N–H and O–H groups in total. The lowest BCUT2D eigenvalue weighted by Crippen LogP contribution is -2.46. The third kappa shape index (κ3) is 13.6. The van der Waals surface area contributed by atoms with Crippen LogP contribution < -0.4 is 14.8 Å². The highest BCUT2D eigenvalue weighted by atomic mass is 32.1. The van der Waals surface area contributed by atoms with E-state index >= 15 is 0 Å². The fraction of sp³-hybridized carbons (Fsp3) is 0.459. The van der Waals surface area contributed by atoms with E-state index in [-0.39, 0.29) is 42.7 Å². The molecule has 2 fully saturated rings. The molecule has 16 nitrogen and oxygen atoms in total. The molecule has 10 rings (SSSR count). The Morgan fingerprint density at radius 3 is 1.65 bits per heavy atom. The number of nitrogens with one attached hydrogen (secondary N) is 1. The summed E-state index contributed by atoms with van der Waals surface area (Å²) in [5, 5.41) is 24.7. The molecule has 0 radical (unpaired) electrons. The molecule has 2 aliphatic heterocycles. The van der Waals surface area contributed by atoms with Gasteiger partial charge in [-0.1, -0.05) is 71.2 Å². The topological polar surface area (TPSA) is 161 Å². The van der Waals surface area contributed by atoms with Crippen molar-refractivity contribution in [1.29, 1.82) is 0 Å². The Morgan fingerprint density at radius 1 is 0.658 bits per heavy atom. The van der Waals surface area contributed by atoms with Crippen LogP contribution in [0.15, 0.2) is 72.8 Å². The lowest BCUT2D eigenvalue weighted by molar-refractivity contribution is -0.132. The summed E-state index contributed by atoms with van der Waals surface area (Å²) in [7, 11) is 0. The van der Waals surface area contributed by atoms with Crippen LogP contribution in [0.1, 0.15) is 134 Å². The van der Waals surface area contributed by atoms with Crippen molar-refractivity contribution in [2.24, 2.45) is 0 Å². The maximum absolute atomic E-state index is 13.6. The Kier molecular flexibility index (Phi) is 18.1. The van der Waals surface area contributed by atoms with E-state index < -0.39 is 11.7 Å². The summed E-state index contributed by atoms with van der Waals surface area (Å²) < 4.78 is 17.4. The van der Waals surface area contributed by atoms with Gasteiger partial charge in [0, 0.05) is 54.5 Å². The molecule has 2 atom stereocenters. The molecule has 2 aromatic heterocycles. The highest BCUT2D eigenvalue weighted by molar-refractivity contribution is 7.18. The first-order valence-corrected chi connectivity index (χ1v) is 29.3. The number of amides is 3. The van der Waals surface area contributed by atoms with Crippen molar-refractivity contribution >= 4 is 52.0 Å². The lowest BCUT2D eigenvalue weighted by atomic mass is 9.84. The molecule has 4 aliphatic rings. The van der Waals surface area contributed by atoms with Crippen LogP contribution in [0.3, 0.4) is 0 Å². The SMILES string of the molecule is [C-]#[N+]c1cc(-c2nnc(-c3cccc4c3CCC[C@H]4N(CC(=O)N3CCCC3)C(=O)OC(C)(C)C)s2)ccc1OC(C)C.[C-]#[N+]c1cc(-c2nnc(-c3cccc4c3CCC[C@H]4NCC(=O)N3CCCC3)s2)ccc1OC(C)C. The van der Waals surface area contributed by atoms with Gasteiger partial charge in [0.1, 0.15) is 43.7 Å². The number of benzene rings is 4. The van der Waals surface area contributed by atoms with Crippen LogP contribution >= 0.6 is 22.7 Å². The molecule has 4 heterocycles. The average molecular weight is 1100 g/mol. The third-order valence-corrected chi connectivity index (χ3v) is 16.4. The van der Waals surface area contributed by atoms with Gasteiger partial charge in [0.15, 0.2) is 0 Å². The van der Waals surface area contributed by atoms with Crippen LogP contribution in [0.25, 0.3) is 52.0 Å². The number of carbonyl (C=O) groups is 3. The molecule has 79 heavy (non-hydrogen) atoms. The Labute approximate surface area is 472 Å². The van der Waals surface area contributed by atoms with Crippen molar-refractivity contribution in [1.82, 2.24) is 40.4 Å². The Morgan fingerprint density at radius 2 is 1.14 bits per heavy atom. The summed E-state index contributed by atoms with van der Waals surface area (Å²) in [5.74, 6) is 1.31. The second kappa shape index (κ2) is 25.3. The van der Waals surface area contributed by atoms with Crippen molar-refractivity contribution in [2.45, 2.75) is 143 Å². The minimum atomic E-state index is -0.680. The second-order valence-corrected chi connectivity index (χ2v) is 24.0. The second-order valence-electron chi connectivity index (χ2n) is 22.0. The van der Waals surface area contributed by atoms with Crippen LogP contribution in [-0.4, -0.2) is 110 Å². The molecule has 18 heteroatoms. The van der Waals surface area contributed by atoms with Gasteiger partial charge in [-0.3, -0.25) is 14.5 Å². The highest BCUT2D eigenvalue weighted by Crippen LogP contribution is 2.44. The van der Waals surface area contributed by atoms with E-state index in [2.05, 4.69) is 59.7 Å². The normalized spacial score (nSPS) is 16.8. The van der Waals surface area contributed by atoms with E-state index in [0.29, 0.717) is 34.4 Å². The molecular weight excluding hydrogens is 1030 g/mol. The summed E-state index contributed by atoms with van der Waals surface area (Å²) in [6.07, 6.45) is 9.23. The fourth-order valence-electron chi connectivity index (χ4n) is 10.8. The number of fused-ring (bicyclic) bond motifs is 2. The van der Waals surface area contributed by atoms with Crippen molar-refractivity contribution in [3.8, 4) is 53.8 Å². The first-order chi connectivity index (χ1) is 38.1. The van der Waals surface area contributed by atoms with Gasteiger partial charge in [0.2, 0.25) is 23.2 Å². The molecule has 2 aliphatic carbocycles. The Balaban J connectivity index is 0.000000195. The summed E-state index contributed by atoms with van der Waals surface area (Å²) in [6.45, 7) is 32.1. The number of likely N-dealkylation sites (tertiary alicyclic amines) is 2. The monoisotopic (exact) mass is 1100 g/mol. The van der Waals surface area contributed by atoms with E-state index in [1.165, 1.54) is 22.5 Å². The van der Waals surface area contributed by atoms with E-state index in [9.17, 15) is 14.4 Å². The number of carbonyl (C=O) groups excluding carboxylic acids is 3. The van der Waals surface area contributed by atoms with Gasteiger partial charge in [-0.25, -0.2) is 14.5 Å². The van der Waals surface area contributed by atoms with Gasteiger partial charge in [-0.2, -0.15) is 0 Å². The standard InChI is InChI=1S/C33H39N5O4S.C28H31N5O2S/c1-21(2)41-28-16-15-22(19-26(28)34-6)30-35-36-31(43-30)25-13-9-12-24-23(25)11-10-14-27(24)38(32(40)42-33(3,4)5)20-29(39)37-17-7-8-18-37;1-18(2)35-25-13-12-19(16-24(25)29-3)27-31-32-28(36-27)22-10-6-9-21-20(22)8-7-11-23(21)30-17-26(34)33-14-4-5-15-33/h9,12-13,15-16,19,21,27H,7-8,10-11,14,17-18,20H2,1-5H3;6,9-10,12-13,16,18,23,30H,4-5,7-8,11,14-15,17H2,1-2H3/t27-;23-/m11/s1. The lowest BCUT2D eigenvalue weighted by Gasteiger charge is -2.37. The van der Waals surface area contributed by atoms with Crippen molar-refractivity contribution in [3.05, 3.63) is 118 Å². The summed E-state index contributed by atoms with van der Waals surface area (Å²) >= 11 is 3.01. The predicted molar refractivity (Wildman–Crippen MR) is 310 cm³/mol. The first kappa shape index (κ1) is 56.5. The minimum absolute atomic E-state index is 0.00499. The Bertz CT molecular complexity index is 3250. The van der Waals surface area contributed by atoms with Gasteiger partial charge in [0.25, 0.3) is 0 Å². The van der Waals surface area contributed by atoms with Crippen LogP contribution in [0, 0.1) is 13.1 Å². The smallest absolute Gasteiger partial charge is 0.411 e. The van der Waals surface area contributed by atoms with Crippen molar-refractivity contribution < 1.29 is 28.6 Å². The van der Waals surface area contributed by atoms with E-state index in [4.69, 9.17) is 27.4 Å². The zero-order valence-electron chi connectivity index (χ0n) is 46.3. The first-order valence-electron chi connectivity index (χ1n) is 27.6. The van der Waals surface area contributed by atoms with Crippen molar-refractivity contribution in [2.75, 3.05) is 39.3 Å². The molecule has 0 saturated carbocycles. The average Bonchev–Trinajstić information content (AvgIpc) is 4.38. The molecule has 0 unspecified atom stereocenters. The van der Waals surface area contributed by atoms with Gasteiger partial charge in [-0.15, -0.1) is 20.4 Å². The maximum atomic E-state index is 13.6. The van der Waals surface area contributed by atoms with Gasteiger partial charge >= 0.3 is 6.09 Å². The van der Waals surface area contributed by atoms with Gasteiger partial charge in [-0.05, 0) is 159 Å². The van der Waals surface area contributed by atoms with E-state index in [1.807, 2.05) is 101 Å². The molecule has 6 aromatic rings. The number of ether oxygens (including phenoxy) is 3. The number of rotatable bonds is 14. The fourth-order valence-corrected chi connectivity index (χ4v) is 12.6. The molecule has 3 amide bonds. The summed E-state index contributed by atoms with van der Waals surface area (Å²) in [4.78, 5) is 52.1. The quantitative estimate of drug-likeness (QED) is 0.103. The minimum Gasteiger partial charge on any atom is -0.502 e. The number of hydrogen-bond donors (Lipinski definition) is 1. The summed E-state index contributed by atoms with van der Waals surface area (Å²) in [6, 6.07) is 23.5. The predicted octanol–water partition coefficient (Wildman–Crippen LogP) is 13.2. The van der Waals surface area contributed by atoms with Crippen LogP contribution in [-0.2, 0) is 27.2 Å². The highest BCUT2D eigenvalue weighted by Gasteiger charge is 2.36. The van der Waals surface area contributed by atoms with E-state index in [0.717, 1.165) is 139 Å². The zero-order valence-corrected chi connectivity index (χ0v) is 48.0. The van der Waals surface area contributed by atoms with Crippen LogP contribution in [0.4, 0.5) is 16.2 Å². The number of hydrogen-bond acceptors (Lipinski definition) is 13. The molecule has 2 saturated heterocycles. The van der Waals surface area contributed by atoms with Crippen molar-refractivity contribution in [3.63, 3.8) is 0 Å². The number of aromatic nitrogens is 4.